The van der Waals surface area contributed by atoms with Gasteiger partial charge >= 0.3 is 0 Å². The average Bonchev–Trinajstić information content (AvgIpc) is 2.68. The van der Waals surface area contributed by atoms with Crippen LogP contribution in [0.4, 0.5) is 5.69 Å². The zero-order valence-electron chi connectivity index (χ0n) is 15.0. The quantitative estimate of drug-likeness (QED) is 0.558. The van der Waals surface area contributed by atoms with Crippen LogP contribution >= 0.6 is 11.6 Å². The van der Waals surface area contributed by atoms with E-state index in [1.54, 1.807) is 0 Å². The topological polar surface area (TPSA) is 38.3 Å². The maximum Gasteiger partial charge on any atom is 0.224 e. The van der Waals surface area contributed by atoms with Gasteiger partial charge in [0.05, 0.1) is 6.61 Å². The second-order valence-corrected chi connectivity index (χ2v) is 6.66. The summed E-state index contributed by atoms with van der Waals surface area (Å²) in [6.45, 7) is 0.591. The van der Waals surface area contributed by atoms with Gasteiger partial charge in [0.15, 0.2) is 0 Å². The number of ether oxygens (including phenoxy) is 1. The number of carbonyl (C=O) groups is 1. The summed E-state index contributed by atoms with van der Waals surface area (Å²) in [5, 5.41) is 3.61. The van der Waals surface area contributed by atoms with Crippen LogP contribution in [0.25, 0.3) is 0 Å². The molecule has 0 saturated heterocycles. The molecule has 27 heavy (non-hydrogen) atoms. The van der Waals surface area contributed by atoms with E-state index in [1.165, 1.54) is 5.56 Å². The van der Waals surface area contributed by atoms with Crippen LogP contribution in [-0.4, -0.2) is 12.5 Å². The third-order valence-electron chi connectivity index (χ3n) is 4.20. The molecular formula is C23H22ClNO2. The molecule has 4 heteroatoms. The summed E-state index contributed by atoms with van der Waals surface area (Å²) in [6.07, 6.45) is 1.83. The molecule has 0 aromatic heterocycles. The Labute approximate surface area is 164 Å². The van der Waals surface area contributed by atoms with E-state index in [2.05, 4.69) is 17.4 Å². The zero-order valence-corrected chi connectivity index (χ0v) is 15.8. The van der Waals surface area contributed by atoms with Crippen LogP contribution in [0, 0.1) is 0 Å². The van der Waals surface area contributed by atoms with Crippen LogP contribution in [0.2, 0.25) is 5.02 Å². The van der Waals surface area contributed by atoms with Crippen LogP contribution < -0.4 is 10.1 Å². The lowest BCUT2D eigenvalue weighted by atomic mass is 10.1. The minimum atomic E-state index is -0.0450. The molecule has 0 aliphatic heterocycles. The molecule has 138 valence electrons. The Kier molecular flexibility index (Phi) is 6.89. The number of rotatable bonds is 8. The van der Waals surface area contributed by atoms with Gasteiger partial charge in [-0.3, -0.25) is 4.79 Å². The monoisotopic (exact) mass is 379 g/mol. The molecule has 0 heterocycles. The van der Waals surface area contributed by atoms with Crippen LogP contribution in [0.3, 0.4) is 0 Å². The number of amides is 1. The SMILES string of the molecule is O=C(CCc1ccccc1Cl)Nc1cccc(OCCc2ccccc2)c1. The maximum absolute atomic E-state index is 12.2. The number of carbonyl (C=O) groups excluding carboxylic acids is 1. The van der Waals surface area contributed by atoms with Crippen molar-refractivity contribution in [2.75, 3.05) is 11.9 Å². The molecule has 0 aliphatic rings. The van der Waals surface area contributed by atoms with Gasteiger partial charge in [0, 0.05) is 29.6 Å². The molecule has 0 saturated carbocycles. The molecule has 0 bridgehead atoms. The number of halogens is 1. The van der Waals surface area contributed by atoms with Crippen molar-refractivity contribution in [2.45, 2.75) is 19.3 Å². The standard InChI is InChI=1S/C23H22ClNO2/c24-22-12-5-4-9-19(22)13-14-23(26)25-20-10-6-11-21(17-20)27-16-15-18-7-2-1-3-8-18/h1-12,17H,13-16H2,(H,25,26). The van der Waals surface area contributed by atoms with Gasteiger partial charge in [-0.15, -0.1) is 0 Å². The average molecular weight is 380 g/mol. The van der Waals surface area contributed by atoms with Crippen molar-refractivity contribution >= 4 is 23.2 Å². The van der Waals surface area contributed by atoms with Gasteiger partial charge in [0.25, 0.3) is 0 Å². The molecule has 0 aliphatic carbocycles. The van der Waals surface area contributed by atoms with Crippen molar-refractivity contribution in [3.05, 3.63) is 95.0 Å². The molecular weight excluding hydrogens is 358 g/mol. The van der Waals surface area contributed by atoms with Crippen molar-refractivity contribution in [1.29, 1.82) is 0 Å². The molecule has 3 aromatic carbocycles. The van der Waals surface area contributed by atoms with Crippen molar-refractivity contribution in [3.63, 3.8) is 0 Å². The highest BCUT2D eigenvalue weighted by Crippen LogP contribution is 2.19. The van der Waals surface area contributed by atoms with E-state index < -0.39 is 0 Å². The van der Waals surface area contributed by atoms with Gasteiger partial charge in [-0.1, -0.05) is 66.2 Å². The zero-order chi connectivity index (χ0) is 18.9. The van der Waals surface area contributed by atoms with E-state index in [1.807, 2.05) is 66.7 Å². The lowest BCUT2D eigenvalue weighted by Gasteiger charge is -2.10. The van der Waals surface area contributed by atoms with Gasteiger partial charge in [-0.25, -0.2) is 0 Å². The highest BCUT2D eigenvalue weighted by Gasteiger charge is 2.06. The first kappa shape index (κ1) is 19.0. The number of benzene rings is 3. The van der Waals surface area contributed by atoms with Gasteiger partial charge in [0.1, 0.15) is 5.75 Å². The van der Waals surface area contributed by atoms with Gasteiger partial charge in [-0.2, -0.15) is 0 Å². The van der Waals surface area contributed by atoms with Crippen LogP contribution in [0.5, 0.6) is 5.75 Å². The fourth-order valence-corrected chi connectivity index (χ4v) is 3.00. The minimum Gasteiger partial charge on any atom is -0.493 e. The smallest absolute Gasteiger partial charge is 0.224 e. The predicted octanol–water partition coefficient (Wildman–Crippen LogP) is 5.53. The maximum atomic E-state index is 12.2. The van der Waals surface area contributed by atoms with Crippen molar-refractivity contribution in [3.8, 4) is 5.75 Å². The van der Waals surface area contributed by atoms with Gasteiger partial charge in [-0.05, 0) is 35.7 Å². The Balaban J connectivity index is 1.48. The fraction of sp³-hybridized carbons (Fsp3) is 0.174. The molecule has 3 rings (SSSR count). The Morgan fingerprint density at radius 3 is 2.48 bits per heavy atom. The number of hydrogen-bond donors (Lipinski definition) is 1. The highest BCUT2D eigenvalue weighted by molar-refractivity contribution is 6.31. The van der Waals surface area contributed by atoms with Crippen molar-refractivity contribution in [1.82, 2.24) is 0 Å². The number of aryl methyl sites for hydroxylation is 1. The molecule has 0 unspecified atom stereocenters. The van der Waals surface area contributed by atoms with E-state index in [0.717, 1.165) is 23.4 Å². The first-order valence-corrected chi connectivity index (χ1v) is 9.38. The normalized spacial score (nSPS) is 10.4. The molecule has 0 fully saturated rings. The molecule has 0 radical (unpaired) electrons. The highest BCUT2D eigenvalue weighted by atomic mass is 35.5. The van der Waals surface area contributed by atoms with Crippen molar-refractivity contribution < 1.29 is 9.53 Å². The first-order valence-electron chi connectivity index (χ1n) is 9.01. The van der Waals surface area contributed by atoms with Crippen LogP contribution in [-0.2, 0) is 17.6 Å². The third kappa shape index (κ3) is 6.15. The molecule has 1 amide bonds. The summed E-state index contributed by atoms with van der Waals surface area (Å²) in [4.78, 5) is 12.2. The first-order chi connectivity index (χ1) is 13.2. The second-order valence-electron chi connectivity index (χ2n) is 6.25. The number of hydrogen-bond acceptors (Lipinski definition) is 2. The predicted molar refractivity (Wildman–Crippen MR) is 110 cm³/mol. The molecule has 3 aromatic rings. The largest absolute Gasteiger partial charge is 0.493 e. The Morgan fingerprint density at radius 1 is 0.889 bits per heavy atom. The third-order valence-corrected chi connectivity index (χ3v) is 4.57. The van der Waals surface area contributed by atoms with E-state index in [9.17, 15) is 4.79 Å². The summed E-state index contributed by atoms with van der Waals surface area (Å²) in [7, 11) is 0. The molecule has 1 N–H and O–H groups in total. The minimum absolute atomic E-state index is 0.0450. The van der Waals surface area contributed by atoms with Crippen LogP contribution in [0.15, 0.2) is 78.9 Å². The fourth-order valence-electron chi connectivity index (χ4n) is 2.77. The Bertz CT molecular complexity index is 880. The molecule has 3 nitrogen and oxygen atoms in total. The molecule has 0 atom stereocenters. The van der Waals surface area contributed by atoms with Gasteiger partial charge < -0.3 is 10.1 Å². The summed E-state index contributed by atoms with van der Waals surface area (Å²) in [6, 6.07) is 25.3. The summed E-state index contributed by atoms with van der Waals surface area (Å²) in [5.41, 5.74) is 2.95. The van der Waals surface area contributed by atoms with E-state index >= 15 is 0 Å². The van der Waals surface area contributed by atoms with E-state index in [0.29, 0.717) is 24.5 Å². The lowest BCUT2D eigenvalue weighted by Crippen LogP contribution is -2.12. The number of anilines is 1. The van der Waals surface area contributed by atoms with E-state index in [-0.39, 0.29) is 5.91 Å². The second kappa shape index (κ2) is 9.79. The Hall–Kier alpha value is -2.78. The summed E-state index contributed by atoms with van der Waals surface area (Å²) in [5.74, 6) is 0.700. The summed E-state index contributed by atoms with van der Waals surface area (Å²) < 4.78 is 5.81. The molecule has 0 spiro atoms. The lowest BCUT2D eigenvalue weighted by molar-refractivity contribution is -0.116. The van der Waals surface area contributed by atoms with Gasteiger partial charge in [0.2, 0.25) is 5.91 Å². The number of nitrogens with one attached hydrogen (secondary N) is 1. The summed E-state index contributed by atoms with van der Waals surface area (Å²) >= 11 is 6.13. The Morgan fingerprint density at radius 2 is 1.67 bits per heavy atom. The van der Waals surface area contributed by atoms with Crippen molar-refractivity contribution in [2.24, 2.45) is 0 Å². The van der Waals surface area contributed by atoms with E-state index in [4.69, 9.17) is 16.3 Å². The van der Waals surface area contributed by atoms with Crippen LogP contribution in [0.1, 0.15) is 17.5 Å².